The average molecular weight is 259 g/mol. The van der Waals surface area contributed by atoms with Crippen molar-refractivity contribution < 1.29 is 30.3 Å². The number of quaternary nitrogens is 1. The van der Waals surface area contributed by atoms with Crippen molar-refractivity contribution in [3.63, 3.8) is 0 Å². The Morgan fingerprint density at radius 3 is 2.67 bits per heavy atom. The summed E-state index contributed by atoms with van der Waals surface area (Å²) >= 11 is 0. The number of carboxylic acids is 1. The van der Waals surface area contributed by atoms with Crippen molar-refractivity contribution in [1.82, 2.24) is 10.2 Å². The first-order chi connectivity index (χ1) is 8.36. The molecule has 0 aliphatic carbocycles. The molecular weight excluding hydrogens is 242 g/mol. The highest BCUT2D eigenvalue weighted by molar-refractivity contribution is 5.90. The number of aliphatic carboxylic acids is 1. The van der Waals surface area contributed by atoms with Crippen molar-refractivity contribution in [2.24, 2.45) is 0 Å². The molecular formula is C10H17N3O5. The maximum Gasteiger partial charge on any atom is 0.278 e. The minimum Gasteiger partial charge on any atom is -0.548 e. The molecule has 3 atom stereocenters. The summed E-state index contributed by atoms with van der Waals surface area (Å²) in [7, 11) is 0. The van der Waals surface area contributed by atoms with Gasteiger partial charge in [0.05, 0.1) is 18.1 Å². The first-order valence-corrected chi connectivity index (χ1v) is 5.64. The number of likely N-dealkylation sites (tertiary alicyclic amines) is 1. The Hall–Kier alpha value is -1.67. The lowest BCUT2D eigenvalue weighted by molar-refractivity contribution is -0.357. The zero-order valence-corrected chi connectivity index (χ0v) is 10.1. The van der Waals surface area contributed by atoms with Gasteiger partial charge in [-0.05, 0) is 6.92 Å². The molecule has 0 bridgehead atoms. The number of aliphatic hydroxyl groups is 1. The fourth-order valence-electron chi connectivity index (χ4n) is 1.85. The van der Waals surface area contributed by atoms with E-state index in [1.165, 1.54) is 11.8 Å². The highest BCUT2D eigenvalue weighted by atomic mass is 16.4. The molecule has 5 N–H and O–H groups in total. The molecule has 102 valence electrons. The van der Waals surface area contributed by atoms with Crippen LogP contribution in [0.2, 0.25) is 0 Å². The van der Waals surface area contributed by atoms with Gasteiger partial charge in [0, 0.05) is 13.0 Å². The second-order valence-corrected chi connectivity index (χ2v) is 4.25. The molecule has 18 heavy (non-hydrogen) atoms. The molecule has 8 heteroatoms. The van der Waals surface area contributed by atoms with E-state index in [0.29, 0.717) is 0 Å². The average Bonchev–Trinajstić information content (AvgIpc) is 2.70. The van der Waals surface area contributed by atoms with Gasteiger partial charge in [-0.3, -0.25) is 9.59 Å². The monoisotopic (exact) mass is 259 g/mol. The number of nitrogens with zero attached hydrogens (tertiary/aromatic N) is 1. The van der Waals surface area contributed by atoms with E-state index < -0.39 is 30.1 Å². The topological polar surface area (TPSA) is 137 Å². The van der Waals surface area contributed by atoms with Gasteiger partial charge in [-0.25, -0.2) is 0 Å². The lowest BCUT2D eigenvalue weighted by atomic mass is 10.1. The summed E-state index contributed by atoms with van der Waals surface area (Å²) in [5.41, 5.74) is 3.43. The zero-order chi connectivity index (χ0) is 13.9. The molecule has 1 aliphatic heterocycles. The van der Waals surface area contributed by atoms with Crippen molar-refractivity contribution in [1.29, 1.82) is 0 Å². The van der Waals surface area contributed by atoms with Gasteiger partial charge in [-0.2, -0.15) is 0 Å². The first-order valence-electron chi connectivity index (χ1n) is 5.64. The number of β-amino-alcohol motifs (C(OH)–C–C–N with tert-alkyl or cyclic N) is 1. The Morgan fingerprint density at radius 1 is 1.56 bits per heavy atom. The highest BCUT2D eigenvalue weighted by Gasteiger charge is 2.39. The molecule has 1 rings (SSSR count). The van der Waals surface area contributed by atoms with Crippen molar-refractivity contribution >= 4 is 17.8 Å². The Labute approximate surface area is 104 Å². The van der Waals surface area contributed by atoms with Crippen LogP contribution < -0.4 is 16.2 Å². The van der Waals surface area contributed by atoms with Crippen LogP contribution in [0.15, 0.2) is 0 Å². The molecule has 1 aliphatic rings. The predicted molar refractivity (Wildman–Crippen MR) is 56.5 cm³/mol. The number of carboxylic acid groups (broad SMARTS) is 1. The van der Waals surface area contributed by atoms with Gasteiger partial charge in [-0.15, -0.1) is 0 Å². The van der Waals surface area contributed by atoms with Gasteiger partial charge in [0.2, 0.25) is 5.91 Å². The molecule has 1 heterocycles. The second kappa shape index (κ2) is 5.78. The lowest BCUT2D eigenvalue weighted by Crippen LogP contribution is -2.60. The Bertz CT molecular complexity index is 359. The lowest BCUT2D eigenvalue weighted by Gasteiger charge is -2.24. The van der Waals surface area contributed by atoms with Crippen LogP contribution in [0, 0.1) is 0 Å². The van der Waals surface area contributed by atoms with E-state index in [4.69, 9.17) is 0 Å². The van der Waals surface area contributed by atoms with E-state index in [2.05, 4.69) is 11.1 Å². The molecule has 0 spiro atoms. The number of carbonyl (C=O) groups excluding carboxylic acids is 3. The SMILES string of the molecule is C[C@@H](NC(=O)[C@H]1C[C@H](O)CN1C(=O)C[NH3+])C(=O)[O-]. The summed E-state index contributed by atoms with van der Waals surface area (Å²) in [5, 5.41) is 22.2. The maximum atomic E-state index is 11.8. The number of rotatable bonds is 4. The zero-order valence-electron chi connectivity index (χ0n) is 10.1. The highest BCUT2D eigenvalue weighted by Crippen LogP contribution is 2.18. The molecule has 1 saturated heterocycles. The number of aliphatic hydroxyl groups excluding tert-OH is 1. The standard InChI is InChI=1S/C10H17N3O5/c1-5(10(17)18)12-9(16)7-2-6(14)4-13(7)8(15)3-11/h5-7,14H,2-4,11H2,1H3,(H,12,16)(H,17,18)/t5-,6+,7-/m1/s1. The van der Waals surface area contributed by atoms with Crippen LogP contribution in [0.3, 0.4) is 0 Å². The molecule has 8 nitrogen and oxygen atoms in total. The van der Waals surface area contributed by atoms with Crippen molar-refractivity contribution in [2.45, 2.75) is 31.5 Å². The fraction of sp³-hybridized carbons (Fsp3) is 0.700. The third-order valence-corrected chi connectivity index (χ3v) is 2.83. The fourth-order valence-corrected chi connectivity index (χ4v) is 1.85. The van der Waals surface area contributed by atoms with Gasteiger partial charge in [0.15, 0.2) is 6.54 Å². The Kier molecular flexibility index (Phi) is 4.62. The van der Waals surface area contributed by atoms with E-state index in [1.54, 1.807) is 0 Å². The van der Waals surface area contributed by atoms with Gasteiger partial charge in [-0.1, -0.05) is 0 Å². The van der Waals surface area contributed by atoms with Crippen molar-refractivity contribution in [3.8, 4) is 0 Å². The Morgan fingerprint density at radius 2 is 2.17 bits per heavy atom. The third-order valence-electron chi connectivity index (χ3n) is 2.83. The number of hydrogen-bond donors (Lipinski definition) is 3. The largest absolute Gasteiger partial charge is 0.548 e. The predicted octanol–water partition coefficient (Wildman–Crippen LogP) is -4.56. The first kappa shape index (κ1) is 14.4. The summed E-state index contributed by atoms with van der Waals surface area (Å²) in [6, 6.07) is -2.00. The summed E-state index contributed by atoms with van der Waals surface area (Å²) in [5.74, 6) is -2.37. The van der Waals surface area contributed by atoms with Gasteiger partial charge < -0.3 is 31.0 Å². The molecule has 0 aromatic rings. The van der Waals surface area contributed by atoms with Crippen LogP contribution in [-0.2, 0) is 14.4 Å². The summed E-state index contributed by atoms with van der Waals surface area (Å²) in [6.45, 7) is 1.31. The maximum absolute atomic E-state index is 11.8. The van der Waals surface area contributed by atoms with Crippen LogP contribution in [-0.4, -0.2) is 59.1 Å². The van der Waals surface area contributed by atoms with Crippen LogP contribution in [0.5, 0.6) is 0 Å². The van der Waals surface area contributed by atoms with Crippen LogP contribution in [0.25, 0.3) is 0 Å². The summed E-state index contributed by atoms with van der Waals surface area (Å²) < 4.78 is 0. The van der Waals surface area contributed by atoms with Gasteiger partial charge in [0.1, 0.15) is 6.04 Å². The molecule has 0 aromatic heterocycles. The van der Waals surface area contributed by atoms with Crippen LogP contribution >= 0.6 is 0 Å². The number of amides is 2. The quantitative estimate of drug-likeness (QED) is 0.467. The van der Waals surface area contributed by atoms with Crippen molar-refractivity contribution in [3.05, 3.63) is 0 Å². The van der Waals surface area contributed by atoms with Gasteiger partial charge >= 0.3 is 0 Å². The van der Waals surface area contributed by atoms with E-state index in [9.17, 15) is 24.6 Å². The second-order valence-electron chi connectivity index (χ2n) is 4.25. The van der Waals surface area contributed by atoms with E-state index in [1.807, 2.05) is 0 Å². The number of hydrogen-bond acceptors (Lipinski definition) is 5. The molecule has 0 unspecified atom stereocenters. The molecule has 1 fully saturated rings. The van der Waals surface area contributed by atoms with Crippen LogP contribution in [0.1, 0.15) is 13.3 Å². The Balaban J connectivity index is 2.70. The van der Waals surface area contributed by atoms with E-state index in [-0.39, 0.29) is 25.4 Å². The smallest absolute Gasteiger partial charge is 0.278 e. The number of carbonyl (C=O) groups is 3. The minimum absolute atomic E-state index is 0.0213. The molecule has 0 radical (unpaired) electrons. The molecule has 0 saturated carbocycles. The minimum atomic E-state index is -1.41. The van der Waals surface area contributed by atoms with E-state index in [0.717, 1.165) is 0 Å². The van der Waals surface area contributed by atoms with E-state index >= 15 is 0 Å². The number of nitrogens with one attached hydrogen (secondary N) is 1. The van der Waals surface area contributed by atoms with Gasteiger partial charge in [0.25, 0.3) is 5.91 Å². The molecule has 0 aromatic carbocycles. The van der Waals surface area contributed by atoms with Crippen LogP contribution in [0.4, 0.5) is 0 Å². The normalized spacial score (nSPS) is 24.7. The summed E-state index contributed by atoms with van der Waals surface area (Å²) in [6.07, 6.45) is -0.688. The third kappa shape index (κ3) is 3.17. The molecule has 2 amide bonds. The summed E-state index contributed by atoms with van der Waals surface area (Å²) in [4.78, 5) is 35.1. The van der Waals surface area contributed by atoms with Crippen molar-refractivity contribution in [2.75, 3.05) is 13.1 Å².